The molecule has 0 aromatic carbocycles. The Morgan fingerprint density at radius 3 is 2.76 bits per heavy atom. The summed E-state index contributed by atoms with van der Waals surface area (Å²) >= 11 is 0. The number of sulfone groups is 1. The highest BCUT2D eigenvalue weighted by Gasteiger charge is 2.27. The van der Waals surface area contributed by atoms with Crippen molar-refractivity contribution in [3.63, 3.8) is 0 Å². The minimum atomic E-state index is -2.83. The van der Waals surface area contributed by atoms with Gasteiger partial charge in [-0.2, -0.15) is 0 Å². The Morgan fingerprint density at radius 2 is 2.12 bits per heavy atom. The lowest BCUT2D eigenvalue weighted by Gasteiger charge is -2.22. The van der Waals surface area contributed by atoms with Gasteiger partial charge in [0.15, 0.2) is 5.82 Å². The number of nitrogens with one attached hydrogen (secondary N) is 1. The number of hydrogen-bond acceptors (Lipinski definition) is 6. The molecular formula is C9H17N5O2S. The van der Waals surface area contributed by atoms with Gasteiger partial charge in [-0.1, -0.05) is 6.92 Å². The second-order valence-corrected chi connectivity index (χ2v) is 6.51. The van der Waals surface area contributed by atoms with E-state index in [9.17, 15) is 8.42 Å². The molecular weight excluding hydrogens is 242 g/mol. The maximum absolute atomic E-state index is 11.3. The number of nitrogens with zero attached hydrogens (tertiary/aromatic N) is 4. The number of aromatic nitrogens is 4. The van der Waals surface area contributed by atoms with E-state index in [0.29, 0.717) is 19.4 Å². The Labute approximate surface area is 101 Å². The summed E-state index contributed by atoms with van der Waals surface area (Å²) < 4.78 is 24.5. The van der Waals surface area contributed by atoms with Crippen LogP contribution in [0.5, 0.6) is 0 Å². The molecule has 2 rings (SSSR count). The second-order valence-electron chi connectivity index (χ2n) is 4.20. The Kier molecular flexibility index (Phi) is 3.72. The Morgan fingerprint density at radius 1 is 1.41 bits per heavy atom. The first-order valence-corrected chi connectivity index (χ1v) is 7.62. The summed E-state index contributed by atoms with van der Waals surface area (Å²) in [5, 5.41) is 14.7. The monoisotopic (exact) mass is 259 g/mol. The first-order chi connectivity index (χ1) is 8.12. The summed E-state index contributed by atoms with van der Waals surface area (Å²) in [6, 6.07) is 0.113. The average molecular weight is 259 g/mol. The molecule has 1 aliphatic rings. The maximum Gasteiger partial charge on any atom is 0.165 e. The van der Waals surface area contributed by atoms with Crippen molar-refractivity contribution in [3.8, 4) is 0 Å². The van der Waals surface area contributed by atoms with Crippen LogP contribution >= 0.6 is 0 Å². The Bertz CT molecular complexity index is 455. The highest BCUT2D eigenvalue weighted by atomic mass is 32.2. The fourth-order valence-electron chi connectivity index (χ4n) is 1.97. The molecule has 17 heavy (non-hydrogen) atoms. The largest absolute Gasteiger partial charge is 0.310 e. The van der Waals surface area contributed by atoms with Crippen LogP contribution in [0.25, 0.3) is 0 Å². The van der Waals surface area contributed by atoms with Gasteiger partial charge >= 0.3 is 0 Å². The molecule has 0 amide bonds. The molecule has 2 heterocycles. The third-order valence-electron chi connectivity index (χ3n) is 2.96. The zero-order chi connectivity index (χ0) is 12.3. The molecule has 0 spiro atoms. The van der Waals surface area contributed by atoms with Crippen LogP contribution in [-0.2, 0) is 16.4 Å². The molecule has 1 N–H and O–H groups in total. The molecule has 0 bridgehead atoms. The van der Waals surface area contributed by atoms with Crippen LogP contribution in [-0.4, -0.2) is 46.7 Å². The summed E-state index contributed by atoms with van der Waals surface area (Å²) in [7, 11) is -2.83. The topological polar surface area (TPSA) is 89.8 Å². The molecule has 96 valence electrons. The zero-order valence-corrected chi connectivity index (χ0v) is 10.7. The molecule has 0 saturated carbocycles. The molecule has 7 nitrogen and oxygen atoms in total. The average Bonchev–Trinajstić information content (AvgIpc) is 2.74. The molecule has 0 unspecified atom stereocenters. The van der Waals surface area contributed by atoms with Crippen molar-refractivity contribution in [2.75, 3.05) is 18.1 Å². The number of hydrogen-bond donors (Lipinski definition) is 1. The first kappa shape index (κ1) is 12.4. The van der Waals surface area contributed by atoms with E-state index in [0.717, 1.165) is 12.4 Å². The minimum absolute atomic E-state index is 0.113. The van der Waals surface area contributed by atoms with Gasteiger partial charge in [0.1, 0.15) is 9.84 Å². The van der Waals surface area contributed by atoms with Crippen LogP contribution < -0.4 is 5.32 Å². The van der Waals surface area contributed by atoms with Gasteiger partial charge in [0.05, 0.1) is 24.1 Å². The Hall–Kier alpha value is -1.02. The standard InChI is InChI=1S/C9H17N5O2S/c1-2-10-7-9-11-12-13-14(9)8-3-5-17(15,16)6-4-8/h8,10H,2-7H2,1H3. The van der Waals surface area contributed by atoms with Crippen molar-refractivity contribution in [2.45, 2.75) is 32.4 Å². The van der Waals surface area contributed by atoms with E-state index in [1.807, 2.05) is 6.92 Å². The lowest BCUT2D eigenvalue weighted by molar-refractivity contribution is 0.389. The smallest absolute Gasteiger partial charge is 0.165 e. The van der Waals surface area contributed by atoms with Crippen LogP contribution in [0.4, 0.5) is 0 Å². The van der Waals surface area contributed by atoms with Gasteiger partial charge in [0.25, 0.3) is 0 Å². The van der Waals surface area contributed by atoms with Gasteiger partial charge in [0, 0.05) is 0 Å². The summed E-state index contributed by atoms with van der Waals surface area (Å²) in [6.07, 6.45) is 1.21. The van der Waals surface area contributed by atoms with E-state index in [1.54, 1.807) is 4.68 Å². The molecule has 1 aliphatic heterocycles. The molecule has 0 atom stereocenters. The fraction of sp³-hybridized carbons (Fsp3) is 0.889. The number of tetrazole rings is 1. The molecule has 1 aromatic rings. The molecule has 8 heteroatoms. The Balaban J connectivity index is 2.05. The van der Waals surface area contributed by atoms with Crippen molar-refractivity contribution in [2.24, 2.45) is 0 Å². The van der Waals surface area contributed by atoms with Crippen LogP contribution in [0.1, 0.15) is 31.6 Å². The van der Waals surface area contributed by atoms with Gasteiger partial charge in [0.2, 0.25) is 0 Å². The van der Waals surface area contributed by atoms with Crippen molar-refractivity contribution < 1.29 is 8.42 Å². The predicted octanol–water partition coefficient (Wildman–Crippen LogP) is -0.468. The van der Waals surface area contributed by atoms with Gasteiger partial charge in [-0.05, 0) is 29.8 Å². The van der Waals surface area contributed by atoms with E-state index < -0.39 is 9.84 Å². The van der Waals surface area contributed by atoms with E-state index in [1.165, 1.54) is 0 Å². The van der Waals surface area contributed by atoms with E-state index >= 15 is 0 Å². The summed E-state index contributed by atoms with van der Waals surface area (Å²) in [4.78, 5) is 0. The molecule has 0 radical (unpaired) electrons. The summed E-state index contributed by atoms with van der Waals surface area (Å²) in [5.41, 5.74) is 0. The first-order valence-electron chi connectivity index (χ1n) is 5.80. The van der Waals surface area contributed by atoms with E-state index in [2.05, 4.69) is 20.8 Å². The summed E-state index contributed by atoms with van der Waals surface area (Å²) in [5.74, 6) is 1.24. The van der Waals surface area contributed by atoms with Crippen molar-refractivity contribution in [1.29, 1.82) is 0 Å². The van der Waals surface area contributed by atoms with E-state index in [4.69, 9.17) is 0 Å². The quantitative estimate of drug-likeness (QED) is 0.786. The summed E-state index contributed by atoms with van der Waals surface area (Å²) in [6.45, 7) is 3.49. The predicted molar refractivity (Wildman–Crippen MR) is 62.1 cm³/mol. The van der Waals surface area contributed by atoms with Crippen molar-refractivity contribution >= 4 is 9.84 Å². The van der Waals surface area contributed by atoms with Crippen LogP contribution in [0.2, 0.25) is 0 Å². The highest BCUT2D eigenvalue weighted by molar-refractivity contribution is 7.91. The normalized spacial score (nSPS) is 20.5. The van der Waals surface area contributed by atoms with E-state index in [-0.39, 0.29) is 17.5 Å². The maximum atomic E-state index is 11.3. The zero-order valence-electron chi connectivity index (χ0n) is 9.83. The minimum Gasteiger partial charge on any atom is -0.310 e. The molecule has 0 aliphatic carbocycles. The molecule has 1 saturated heterocycles. The van der Waals surface area contributed by atoms with Crippen molar-refractivity contribution in [3.05, 3.63) is 5.82 Å². The van der Waals surface area contributed by atoms with Gasteiger partial charge in [-0.15, -0.1) is 5.10 Å². The van der Waals surface area contributed by atoms with Crippen molar-refractivity contribution in [1.82, 2.24) is 25.5 Å². The van der Waals surface area contributed by atoms with Crippen LogP contribution in [0.3, 0.4) is 0 Å². The van der Waals surface area contributed by atoms with Crippen LogP contribution in [0, 0.1) is 0 Å². The van der Waals surface area contributed by atoms with Gasteiger partial charge < -0.3 is 5.32 Å². The van der Waals surface area contributed by atoms with Gasteiger partial charge in [-0.3, -0.25) is 0 Å². The molecule has 1 aromatic heterocycles. The second kappa shape index (κ2) is 5.09. The van der Waals surface area contributed by atoms with Gasteiger partial charge in [-0.25, -0.2) is 13.1 Å². The highest BCUT2D eigenvalue weighted by Crippen LogP contribution is 2.23. The third kappa shape index (κ3) is 3.01. The van der Waals surface area contributed by atoms with Crippen LogP contribution in [0.15, 0.2) is 0 Å². The molecule has 1 fully saturated rings. The fourth-order valence-corrected chi connectivity index (χ4v) is 3.44. The number of rotatable bonds is 4. The SMILES string of the molecule is CCNCc1nnnn1C1CCS(=O)(=O)CC1. The third-order valence-corrected chi connectivity index (χ3v) is 4.68. The lowest BCUT2D eigenvalue weighted by Crippen LogP contribution is -2.28. The lowest BCUT2D eigenvalue weighted by atomic mass is 10.1.